The molecule has 1 saturated heterocycles. The van der Waals surface area contributed by atoms with E-state index in [1.165, 1.54) is 13.2 Å². The lowest BCUT2D eigenvalue weighted by molar-refractivity contribution is -0.161. The number of allylic oxidation sites excluding steroid dienone is 1. The first-order chi connectivity index (χ1) is 6.69. The Morgan fingerprint density at radius 2 is 2.36 bits per heavy atom. The van der Waals surface area contributed by atoms with E-state index in [1.807, 2.05) is 0 Å². The lowest BCUT2D eigenvalue weighted by Crippen LogP contribution is -2.43. The van der Waals surface area contributed by atoms with Gasteiger partial charge in [0.15, 0.2) is 11.4 Å². The van der Waals surface area contributed by atoms with Crippen molar-refractivity contribution in [2.24, 2.45) is 0 Å². The molecular formula is C10H12O4. The van der Waals surface area contributed by atoms with Gasteiger partial charge in [-0.15, -0.1) is 0 Å². The van der Waals surface area contributed by atoms with Crippen molar-refractivity contribution in [2.45, 2.75) is 24.9 Å². The second kappa shape index (κ2) is 3.20. The molecule has 1 fully saturated rings. The highest BCUT2D eigenvalue weighted by Crippen LogP contribution is 2.39. The molecule has 76 valence electrons. The van der Waals surface area contributed by atoms with Gasteiger partial charge in [-0.25, -0.2) is 4.79 Å². The van der Waals surface area contributed by atoms with Gasteiger partial charge in [0.2, 0.25) is 0 Å². The molecule has 0 amide bonds. The van der Waals surface area contributed by atoms with Gasteiger partial charge in [-0.1, -0.05) is 0 Å². The third-order valence-corrected chi connectivity index (χ3v) is 2.81. The van der Waals surface area contributed by atoms with E-state index >= 15 is 0 Å². The average Bonchev–Trinajstić information content (AvgIpc) is 2.60. The molecule has 0 aromatic carbocycles. The summed E-state index contributed by atoms with van der Waals surface area (Å²) in [5, 5.41) is 0. The molecule has 0 saturated carbocycles. The van der Waals surface area contributed by atoms with Crippen molar-refractivity contribution in [3.63, 3.8) is 0 Å². The fourth-order valence-corrected chi connectivity index (χ4v) is 2.07. The van der Waals surface area contributed by atoms with Gasteiger partial charge in [0, 0.05) is 6.42 Å². The van der Waals surface area contributed by atoms with Gasteiger partial charge >= 0.3 is 5.97 Å². The minimum Gasteiger partial charge on any atom is -0.467 e. The molecule has 2 aliphatic rings. The monoisotopic (exact) mass is 196 g/mol. The lowest BCUT2D eigenvalue weighted by Gasteiger charge is -2.29. The van der Waals surface area contributed by atoms with Gasteiger partial charge in [0.25, 0.3) is 0 Å². The predicted octanol–water partition coefficient (Wildman–Crippen LogP) is 0.608. The van der Waals surface area contributed by atoms with E-state index in [9.17, 15) is 9.59 Å². The van der Waals surface area contributed by atoms with Crippen LogP contribution < -0.4 is 0 Å². The van der Waals surface area contributed by atoms with Gasteiger partial charge in [0.1, 0.15) is 0 Å². The highest BCUT2D eigenvalue weighted by molar-refractivity contribution is 5.96. The van der Waals surface area contributed by atoms with Crippen LogP contribution in [0.3, 0.4) is 0 Å². The number of hydrogen-bond acceptors (Lipinski definition) is 4. The smallest absolute Gasteiger partial charge is 0.342 e. The van der Waals surface area contributed by atoms with Gasteiger partial charge in [-0.2, -0.15) is 0 Å². The summed E-state index contributed by atoms with van der Waals surface area (Å²) in [7, 11) is 1.34. The molecule has 0 unspecified atom stereocenters. The molecular weight excluding hydrogens is 184 g/mol. The van der Waals surface area contributed by atoms with Crippen LogP contribution in [0.2, 0.25) is 0 Å². The number of ether oxygens (including phenoxy) is 2. The normalized spacial score (nSPS) is 30.9. The van der Waals surface area contributed by atoms with Crippen LogP contribution in [0.4, 0.5) is 0 Å². The highest BCUT2D eigenvalue weighted by atomic mass is 16.6. The number of carbonyl (C=O) groups excluding carboxylic acids is 2. The Labute approximate surface area is 81.9 Å². The molecule has 0 radical (unpaired) electrons. The van der Waals surface area contributed by atoms with Gasteiger partial charge < -0.3 is 9.47 Å². The van der Waals surface area contributed by atoms with Crippen LogP contribution >= 0.6 is 0 Å². The number of hydrogen-bond donors (Lipinski definition) is 0. The summed E-state index contributed by atoms with van der Waals surface area (Å²) in [6.07, 6.45) is 2.97. The fraction of sp³-hybridized carbons (Fsp3) is 0.600. The Morgan fingerprint density at radius 1 is 1.57 bits per heavy atom. The Morgan fingerprint density at radius 3 is 3.07 bits per heavy atom. The zero-order valence-electron chi connectivity index (χ0n) is 8.04. The summed E-state index contributed by atoms with van der Waals surface area (Å²) in [4.78, 5) is 22.8. The average molecular weight is 196 g/mol. The van der Waals surface area contributed by atoms with Crippen LogP contribution in [0.15, 0.2) is 11.6 Å². The van der Waals surface area contributed by atoms with Gasteiger partial charge in [0.05, 0.1) is 13.7 Å². The molecule has 4 heteroatoms. The molecule has 1 atom stereocenters. The van der Waals surface area contributed by atoms with Crippen molar-refractivity contribution >= 4 is 11.8 Å². The Kier molecular flexibility index (Phi) is 2.15. The van der Waals surface area contributed by atoms with E-state index < -0.39 is 5.60 Å². The van der Waals surface area contributed by atoms with E-state index in [2.05, 4.69) is 0 Å². The molecule has 1 heterocycles. The topological polar surface area (TPSA) is 52.6 Å². The Hall–Kier alpha value is -1.16. The Balaban J connectivity index is 2.37. The molecule has 0 aromatic heterocycles. The summed E-state index contributed by atoms with van der Waals surface area (Å²) in [5.74, 6) is -0.307. The van der Waals surface area contributed by atoms with Crippen molar-refractivity contribution in [3.05, 3.63) is 11.6 Å². The quantitative estimate of drug-likeness (QED) is 0.576. The second-order valence-electron chi connectivity index (χ2n) is 3.55. The zero-order valence-corrected chi connectivity index (χ0v) is 8.04. The first-order valence-electron chi connectivity index (χ1n) is 4.65. The summed E-state index contributed by atoms with van der Waals surface area (Å²) in [5.41, 5.74) is -0.163. The van der Waals surface area contributed by atoms with Crippen LogP contribution in [-0.2, 0) is 19.1 Å². The van der Waals surface area contributed by atoms with Gasteiger partial charge in [-0.05, 0) is 24.5 Å². The van der Waals surface area contributed by atoms with Crippen molar-refractivity contribution in [1.82, 2.24) is 0 Å². The molecule has 2 rings (SSSR count). The van der Waals surface area contributed by atoms with Crippen LogP contribution in [0.5, 0.6) is 0 Å². The highest BCUT2D eigenvalue weighted by Gasteiger charge is 2.49. The standard InChI is InChI=1S/C10H12O4/c1-13-9(12)10-4-2-8(11)6-7(10)3-5-14-10/h6H,2-5H2,1H3/t10-/m1/s1. The molecule has 1 aliphatic heterocycles. The van der Waals surface area contributed by atoms with E-state index in [0.717, 1.165) is 5.57 Å². The van der Waals surface area contributed by atoms with E-state index in [0.29, 0.717) is 25.9 Å². The molecule has 0 N–H and O–H groups in total. The number of carbonyl (C=O) groups is 2. The summed E-state index contributed by atoms with van der Waals surface area (Å²) >= 11 is 0. The number of esters is 1. The minimum absolute atomic E-state index is 0.0741. The summed E-state index contributed by atoms with van der Waals surface area (Å²) in [6.45, 7) is 0.494. The first kappa shape index (κ1) is 9.40. The summed E-state index contributed by atoms with van der Waals surface area (Å²) in [6, 6.07) is 0. The maximum atomic E-state index is 11.6. The molecule has 4 nitrogen and oxygen atoms in total. The predicted molar refractivity (Wildman–Crippen MR) is 47.6 cm³/mol. The summed E-state index contributed by atoms with van der Waals surface area (Å²) < 4.78 is 10.2. The first-order valence-corrected chi connectivity index (χ1v) is 4.65. The van der Waals surface area contributed by atoms with E-state index in [4.69, 9.17) is 9.47 Å². The number of fused-ring (bicyclic) bond motifs is 1. The Bertz CT molecular complexity index is 318. The van der Waals surface area contributed by atoms with Crippen molar-refractivity contribution in [2.75, 3.05) is 13.7 Å². The SMILES string of the molecule is COC(=O)[C@@]12CCC(=O)C=C1CCO2. The maximum Gasteiger partial charge on any atom is 0.342 e. The number of ketones is 1. The van der Waals surface area contributed by atoms with Crippen LogP contribution in [0.25, 0.3) is 0 Å². The zero-order chi connectivity index (χ0) is 10.2. The molecule has 0 spiro atoms. The largest absolute Gasteiger partial charge is 0.467 e. The minimum atomic E-state index is -0.942. The van der Waals surface area contributed by atoms with E-state index in [-0.39, 0.29) is 11.8 Å². The van der Waals surface area contributed by atoms with Crippen molar-refractivity contribution < 1.29 is 19.1 Å². The van der Waals surface area contributed by atoms with Crippen molar-refractivity contribution in [3.8, 4) is 0 Å². The third-order valence-electron chi connectivity index (χ3n) is 2.81. The van der Waals surface area contributed by atoms with Gasteiger partial charge in [-0.3, -0.25) is 4.79 Å². The molecule has 0 aromatic rings. The number of rotatable bonds is 1. The maximum absolute atomic E-state index is 11.6. The van der Waals surface area contributed by atoms with Crippen LogP contribution in [-0.4, -0.2) is 31.1 Å². The van der Waals surface area contributed by atoms with Crippen molar-refractivity contribution in [1.29, 1.82) is 0 Å². The van der Waals surface area contributed by atoms with Crippen LogP contribution in [0, 0.1) is 0 Å². The molecule has 0 bridgehead atoms. The molecule has 1 aliphatic carbocycles. The second-order valence-corrected chi connectivity index (χ2v) is 3.55. The third kappa shape index (κ3) is 1.18. The number of methoxy groups -OCH3 is 1. The van der Waals surface area contributed by atoms with Crippen LogP contribution in [0.1, 0.15) is 19.3 Å². The fourth-order valence-electron chi connectivity index (χ4n) is 2.07. The van der Waals surface area contributed by atoms with E-state index in [1.54, 1.807) is 0 Å². The lowest BCUT2D eigenvalue weighted by atomic mass is 9.83. The molecule has 14 heavy (non-hydrogen) atoms.